The van der Waals surface area contributed by atoms with Gasteiger partial charge < -0.3 is 4.79 Å². The molecule has 0 radical (unpaired) electrons. The average Bonchev–Trinajstić information content (AvgIpc) is 2.40. The molecule has 0 aromatic rings. The van der Waals surface area contributed by atoms with Crippen LogP contribution in [-0.2, 0) is 4.79 Å². The maximum absolute atomic E-state index is 11.6. The first-order valence-electron chi connectivity index (χ1n) is 6.88. The van der Waals surface area contributed by atoms with Crippen molar-refractivity contribution in [3.05, 3.63) is 12.2 Å². The molecule has 1 heteroatoms. The third kappa shape index (κ3) is 2.23. The van der Waals surface area contributed by atoms with Crippen LogP contribution >= 0.6 is 0 Å². The molecule has 2 aliphatic rings. The highest BCUT2D eigenvalue weighted by Crippen LogP contribution is 2.46. The zero-order chi connectivity index (χ0) is 11.4. The predicted octanol–water partition coefficient (Wildman–Crippen LogP) is 4.13. The zero-order valence-electron chi connectivity index (χ0n) is 10.5. The number of rotatable bonds is 3. The van der Waals surface area contributed by atoms with Crippen LogP contribution in [-0.4, -0.2) is 6.29 Å². The van der Waals surface area contributed by atoms with Gasteiger partial charge in [-0.1, -0.05) is 38.3 Å². The molecule has 2 unspecified atom stereocenters. The van der Waals surface area contributed by atoms with E-state index in [2.05, 4.69) is 19.1 Å². The highest BCUT2D eigenvalue weighted by Gasteiger charge is 2.41. The molecule has 1 fully saturated rings. The number of carbonyl (C=O) groups is 1. The lowest BCUT2D eigenvalue weighted by molar-refractivity contribution is -0.123. The summed E-state index contributed by atoms with van der Waals surface area (Å²) < 4.78 is 0. The Hall–Kier alpha value is -0.590. The minimum atomic E-state index is -0.0504. The summed E-state index contributed by atoms with van der Waals surface area (Å²) in [5.74, 6) is 1.24. The Labute approximate surface area is 99.3 Å². The summed E-state index contributed by atoms with van der Waals surface area (Å²) in [6, 6.07) is 0. The summed E-state index contributed by atoms with van der Waals surface area (Å²) in [5.41, 5.74) is -0.0504. The molecule has 0 amide bonds. The Morgan fingerprint density at radius 3 is 2.38 bits per heavy atom. The molecule has 0 spiro atoms. The molecular weight excluding hydrogens is 196 g/mol. The van der Waals surface area contributed by atoms with E-state index in [1.54, 1.807) is 0 Å². The van der Waals surface area contributed by atoms with Crippen LogP contribution in [0.4, 0.5) is 0 Å². The molecular formula is C15H24O. The molecule has 1 nitrogen and oxygen atoms in total. The van der Waals surface area contributed by atoms with Crippen molar-refractivity contribution in [2.24, 2.45) is 17.3 Å². The van der Waals surface area contributed by atoms with E-state index in [0.29, 0.717) is 11.8 Å². The summed E-state index contributed by atoms with van der Waals surface area (Å²) in [6.07, 6.45) is 15.9. The monoisotopic (exact) mass is 220 g/mol. The topological polar surface area (TPSA) is 17.1 Å². The molecule has 90 valence electrons. The van der Waals surface area contributed by atoms with Crippen molar-refractivity contribution in [1.29, 1.82) is 0 Å². The average molecular weight is 220 g/mol. The number of allylic oxidation sites excluding steroid dienone is 2. The second kappa shape index (κ2) is 5.16. The van der Waals surface area contributed by atoms with E-state index in [9.17, 15) is 4.79 Å². The number of carbonyl (C=O) groups excluding carboxylic acids is 1. The molecule has 2 rings (SSSR count). The molecule has 0 aromatic heterocycles. The van der Waals surface area contributed by atoms with Gasteiger partial charge in [0.15, 0.2) is 0 Å². The summed E-state index contributed by atoms with van der Waals surface area (Å²) in [4.78, 5) is 11.6. The smallest absolute Gasteiger partial charge is 0.126 e. The van der Waals surface area contributed by atoms with Gasteiger partial charge in [-0.15, -0.1) is 0 Å². The third-order valence-corrected chi connectivity index (χ3v) is 4.89. The van der Waals surface area contributed by atoms with E-state index >= 15 is 0 Å². The quantitative estimate of drug-likeness (QED) is 0.516. The first-order valence-corrected chi connectivity index (χ1v) is 6.88. The molecule has 0 N–H and O–H groups in total. The SMILES string of the molecule is CC(C=O)(C1CC=CCC1)C1CCCCC1. The zero-order valence-corrected chi connectivity index (χ0v) is 10.5. The highest BCUT2D eigenvalue weighted by molar-refractivity contribution is 5.60. The van der Waals surface area contributed by atoms with Gasteiger partial charge in [0.2, 0.25) is 0 Å². The normalized spacial score (nSPS) is 30.9. The predicted molar refractivity (Wildman–Crippen MR) is 67.2 cm³/mol. The number of hydrogen-bond donors (Lipinski definition) is 0. The molecule has 0 aliphatic heterocycles. The van der Waals surface area contributed by atoms with Gasteiger partial charge >= 0.3 is 0 Å². The minimum Gasteiger partial charge on any atom is -0.303 e. The Balaban J connectivity index is 2.09. The van der Waals surface area contributed by atoms with Crippen LogP contribution in [0.3, 0.4) is 0 Å². The largest absolute Gasteiger partial charge is 0.303 e. The third-order valence-electron chi connectivity index (χ3n) is 4.89. The van der Waals surface area contributed by atoms with E-state index < -0.39 is 0 Å². The Morgan fingerprint density at radius 2 is 1.81 bits per heavy atom. The van der Waals surface area contributed by atoms with E-state index in [0.717, 1.165) is 6.42 Å². The van der Waals surface area contributed by atoms with Crippen molar-refractivity contribution in [2.75, 3.05) is 0 Å². The van der Waals surface area contributed by atoms with Crippen molar-refractivity contribution in [3.8, 4) is 0 Å². The summed E-state index contributed by atoms with van der Waals surface area (Å²) in [7, 11) is 0. The summed E-state index contributed by atoms with van der Waals surface area (Å²) >= 11 is 0. The molecule has 0 bridgehead atoms. The maximum Gasteiger partial charge on any atom is 0.126 e. The number of aldehydes is 1. The van der Waals surface area contributed by atoms with Gasteiger partial charge in [0.1, 0.15) is 6.29 Å². The van der Waals surface area contributed by atoms with Crippen LogP contribution < -0.4 is 0 Å². The van der Waals surface area contributed by atoms with E-state index in [1.165, 1.54) is 51.2 Å². The Kier molecular flexibility index (Phi) is 3.83. The standard InChI is InChI=1S/C15H24O/c1-15(12-16,13-8-4-2-5-9-13)14-10-6-3-7-11-14/h2,4,12-14H,3,5-11H2,1H3. The number of hydrogen-bond acceptors (Lipinski definition) is 1. The van der Waals surface area contributed by atoms with Gasteiger partial charge in [-0.05, 0) is 43.9 Å². The fourth-order valence-corrected chi connectivity index (χ4v) is 3.61. The van der Waals surface area contributed by atoms with Crippen molar-refractivity contribution in [3.63, 3.8) is 0 Å². The van der Waals surface area contributed by atoms with Crippen LogP contribution in [0.1, 0.15) is 58.3 Å². The first-order chi connectivity index (χ1) is 7.77. The van der Waals surface area contributed by atoms with E-state index in [4.69, 9.17) is 0 Å². The summed E-state index contributed by atoms with van der Waals surface area (Å²) in [6.45, 7) is 2.22. The molecule has 16 heavy (non-hydrogen) atoms. The van der Waals surface area contributed by atoms with Gasteiger partial charge in [-0.25, -0.2) is 0 Å². The molecule has 0 heterocycles. The first kappa shape index (κ1) is 11.9. The van der Waals surface area contributed by atoms with Gasteiger partial charge in [-0.2, -0.15) is 0 Å². The second-order valence-corrected chi connectivity index (χ2v) is 5.80. The van der Waals surface area contributed by atoms with Gasteiger partial charge in [0.25, 0.3) is 0 Å². The van der Waals surface area contributed by atoms with Gasteiger partial charge in [-0.3, -0.25) is 0 Å². The Morgan fingerprint density at radius 1 is 1.06 bits per heavy atom. The lowest BCUT2D eigenvalue weighted by Gasteiger charge is -2.42. The highest BCUT2D eigenvalue weighted by atomic mass is 16.1. The second-order valence-electron chi connectivity index (χ2n) is 5.80. The van der Waals surface area contributed by atoms with Gasteiger partial charge in [0.05, 0.1) is 0 Å². The molecule has 0 saturated heterocycles. The molecule has 1 saturated carbocycles. The van der Waals surface area contributed by atoms with Crippen LogP contribution in [0.25, 0.3) is 0 Å². The Bertz CT molecular complexity index is 263. The fourth-order valence-electron chi connectivity index (χ4n) is 3.61. The van der Waals surface area contributed by atoms with Crippen molar-refractivity contribution < 1.29 is 4.79 Å². The maximum atomic E-state index is 11.6. The van der Waals surface area contributed by atoms with Crippen molar-refractivity contribution in [1.82, 2.24) is 0 Å². The summed E-state index contributed by atoms with van der Waals surface area (Å²) in [5, 5.41) is 0. The minimum absolute atomic E-state index is 0.0504. The van der Waals surface area contributed by atoms with Crippen molar-refractivity contribution in [2.45, 2.75) is 58.3 Å². The van der Waals surface area contributed by atoms with Crippen LogP contribution in [0, 0.1) is 17.3 Å². The fraction of sp³-hybridized carbons (Fsp3) is 0.800. The van der Waals surface area contributed by atoms with Gasteiger partial charge in [0, 0.05) is 5.41 Å². The van der Waals surface area contributed by atoms with Crippen LogP contribution in [0.5, 0.6) is 0 Å². The van der Waals surface area contributed by atoms with Crippen molar-refractivity contribution >= 4 is 6.29 Å². The molecule has 2 aliphatic carbocycles. The van der Waals surface area contributed by atoms with E-state index in [-0.39, 0.29) is 5.41 Å². The van der Waals surface area contributed by atoms with Crippen LogP contribution in [0.2, 0.25) is 0 Å². The molecule has 0 aromatic carbocycles. The van der Waals surface area contributed by atoms with Crippen LogP contribution in [0.15, 0.2) is 12.2 Å². The lowest BCUT2D eigenvalue weighted by Crippen LogP contribution is -2.38. The molecule has 2 atom stereocenters. The lowest BCUT2D eigenvalue weighted by atomic mass is 9.61. The van der Waals surface area contributed by atoms with E-state index in [1.807, 2.05) is 0 Å².